The van der Waals surface area contributed by atoms with Crippen LogP contribution in [0.5, 0.6) is 11.5 Å². The molecule has 2 rings (SSSR count). The second-order valence-electron chi connectivity index (χ2n) is 3.02. The number of benzene rings is 1. The number of carbonyl (C=O) groups is 1. The molecule has 0 unspecified atom stereocenters. The number of hydrogen-bond acceptors (Lipinski definition) is 4. The Morgan fingerprint density at radius 3 is 3.19 bits per heavy atom. The SMILES string of the molecule is N#CNC(=O)/C=C\c1cccc2c1OCO2. The maximum Gasteiger partial charge on any atom is 0.256 e. The molecule has 1 aliphatic rings. The third kappa shape index (κ3) is 1.96. The van der Waals surface area contributed by atoms with E-state index in [1.807, 2.05) is 5.32 Å². The van der Waals surface area contributed by atoms with Crippen LogP contribution in [0.4, 0.5) is 0 Å². The quantitative estimate of drug-likeness (QED) is 0.455. The first-order chi connectivity index (χ1) is 7.81. The van der Waals surface area contributed by atoms with E-state index in [0.29, 0.717) is 11.5 Å². The molecule has 0 bridgehead atoms. The monoisotopic (exact) mass is 216 g/mol. The Hall–Kier alpha value is -2.48. The van der Waals surface area contributed by atoms with Crippen molar-refractivity contribution >= 4 is 12.0 Å². The molecule has 1 amide bonds. The lowest BCUT2D eigenvalue weighted by Gasteiger charge is -1.99. The van der Waals surface area contributed by atoms with Gasteiger partial charge in [-0.25, -0.2) is 0 Å². The van der Waals surface area contributed by atoms with Crippen molar-refractivity contribution in [3.63, 3.8) is 0 Å². The topological polar surface area (TPSA) is 71.4 Å². The van der Waals surface area contributed by atoms with Crippen LogP contribution in [0.1, 0.15) is 5.56 Å². The van der Waals surface area contributed by atoms with Crippen molar-refractivity contribution in [3.8, 4) is 17.7 Å². The zero-order valence-electron chi connectivity index (χ0n) is 8.27. The molecular formula is C11H8N2O3. The summed E-state index contributed by atoms with van der Waals surface area (Å²) in [5.74, 6) is 0.797. The normalized spacial score (nSPS) is 12.4. The van der Waals surface area contributed by atoms with Gasteiger partial charge in [-0.05, 0) is 12.1 Å². The van der Waals surface area contributed by atoms with Crippen molar-refractivity contribution < 1.29 is 14.3 Å². The summed E-state index contributed by atoms with van der Waals surface area (Å²) in [7, 11) is 0. The second-order valence-corrected chi connectivity index (χ2v) is 3.02. The standard InChI is InChI=1S/C11H8N2O3/c12-6-13-10(14)5-4-8-2-1-3-9-11(8)16-7-15-9/h1-5H,7H2,(H,13,14)/b5-4-. The highest BCUT2D eigenvalue weighted by molar-refractivity contribution is 5.93. The molecule has 0 atom stereocenters. The number of para-hydroxylation sites is 1. The predicted molar refractivity (Wildman–Crippen MR) is 55.4 cm³/mol. The number of ether oxygens (including phenoxy) is 2. The molecule has 0 spiro atoms. The summed E-state index contributed by atoms with van der Waals surface area (Å²) in [4.78, 5) is 11.0. The summed E-state index contributed by atoms with van der Waals surface area (Å²) in [6, 6.07) is 5.38. The Labute approximate surface area is 91.9 Å². The molecule has 80 valence electrons. The summed E-state index contributed by atoms with van der Waals surface area (Å²) in [6.45, 7) is 0.185. The number of carbonyl (C=O) groups excluding carboxylic acids is 1. The smallest absolute Gasteiger partial charge is 0.256 e. The van der Waals surface area contributed by atoms with E-state index in [2.05, 4.69) is 0 Å². The lowest BCUT2D eigenvalue weighted by molar-refractivity contribution is -0.115. The van der Waals surface area contributed by atoms with Gasteiger partial charge in [0.15, 0.2) is 17.7 Å². The van der Waals surface area contributed by atoms with Crippen molar-refractivity contribution in [1.29, 1.82) is 5.26 Å². The summed E-state index contributed by atoms with van der Waals surface area (Å²) >= 11 is 0. The molecule has 1 N–H and O–H groups in total. The van der Waals surface area contributed by atoms with Gasteiger partial charge in [-0.3, -0.25) is 10.1 Å². The first kappa shape index (κ1) is 10.1. The van der Waals surface area contributed by atoms with E-state index < -0.39 is 5.91 Å². The van der Waals surface area contributed by atoms with Gasteiger partial charge in [-0.15, -0.1) is 0 Å². The number of nitrogens with one attached hydrogen (secondary N) is 1. The highest BCUT2D eigenvalue weighted by atomic mass is 16.7. The van der Waals surface area contributed by atoms with E-state index in [-0.39, 0.29) is 6.79 Å². The summed E-state index contributed by atoms with van der Waals surface area (Å²) in [5, 5.41) is 10.2. The fourth-order valence-corrected chi connectivity index (χ4v) is 1.35. The average Bonchev–Trinajstić information content (AvgIpc) is 2.75. The lowest BCUT2D eigenvalue weighted by Crippen LogP contribution is -2.13. The van der Waals surface area contributed by atoms with Gasteiger partial charge in [0.2, 0.25) is 6.79 Å². The van der Waals surface area contributed by atoms with Crippen LogP contribution in [0.3, 0.4) is 0 Å². The third-order valence-corrected chi connectivity index (χ3v) is 2.02. The van der Waals surface area contributed by atoms with E-state index in [1.54, 1.807) is 30.5 Å². The van der Waals surface area contributed by atoms with Crippen LogP contribution < -0.4 is 14.8 Å². The van der Waals surface area contributed by atoms with Gasteiger partial charge in [-0.1, -0.05) is 12.1 Å². The molecule has 1 aromatic rings. The van der Waals surface area contributed by atoms with E-state index in [0.717, 1.165) is 5.56 Å². The Morgan fingerprint density at radius 1 is 1.50 bits per heavy atom. The van der Waals surface area contributed by atoms with Crippen LogP contribution in [0.2, 0.25) is 0 Å². The van der Waals surface area contributed by atoms with Gasteiger partial charge >= 0.3 is 0 Å². The van der Waals surface area contributed by atoms with Crippen LogP contribution in [0, 0.1) is 11.5 Å². The number of amides is 1. The maximum atomic E-state index is 11.0. The highest BCUT2D eigenvalue weighted by Crippen LogP contribution is 2.35. The predicted octanol–water partition coefficient (Wildman–Crippen LogP) is 1.03. The number of nitriles is 1. The molecule has 16 heavy (non-hydrogen) atoms. The number of fused-ring (bicyclic) bond motifs is 1. The fourth-order valence-electron chi connectivity index (χ4n) is 1.35. The van der Waals surface area contributed by atoms with Crippen LogP contribution in [-0.2, 0) is 4.79 Å². The highest BCUT2D eigenvalue weighted by Gasteiger charge is 2.15. The summed E-state index contributed by atoms with van der Waals surface area (Å²) in [6.07, 6.45) is 4.38. The minimum Gasteiger partial charge on any atom is -0.454 e. The largest absolute Gasteiger partial charge is 0.454 e. The minimum atomic E-state index is -0.473. The Kier molecular flexibility index (Phi) is 2.74. The minimum absolute atomic E-state index is 0.185. The molecule has 1 heterocycles. The van der Waals surface area contributed by atoms with Gasteiger partial charge in [0.05, 0.1) is 0 Å². The molecule has 0 aromatic heterocycles. The van der Waals surface area contributed by atoms with Crippen LogP contribution in [-0.4, -0.2) is 12.7 Å². The number of nitrogens with zero attached hydrogens (tertiary/aromatic N) is 1. The molecule has 0 radical (unpaired) electrons. The fraction of sp³-hybridized carbons (Fsp3) is 0.0909. The molecule has 5 heteroatoms. The molecule has 0 fully saturated rings. The van der Waals surface area contributed by atoms with Crippen molar-refractivity contribution in [1.82, 2.24) is 5.32 Å². The third-order valence-electron chi connectivity index (χ3n) is 2.02. The first-order valence-corrected chi connectivity index (χ1v) is 4.57. The number of hydrogen-bond donors (Lipinski definition) is 1. The molecule has 0 saturated carbocycles. The Morgan fingerprint density at radius 2 is 2.38 bits per heavy atom. The van der Waals surface area contributed by atoms with E-state index in [9.17, 15) is 4.79 Å². The van der Waals surface area contributed by atoms with Crippen molar-refractivity contribution in [2.45, 2.75) is 0 Å². The zero-order valence-corrected chi connectivity index (χ0v) is 8.27. The van der Waals surface area contributed by atoms with Gasteiger partial charge < -0.3 is 9.47 Å². The van der Waals surface area contributed by atoms with Gasteiger partial charge in [-0.2, -0.15) is 5.26 Å². The lowest BCUT2D eigenvalue weighted by atomic mass is 10.1. The van der Waals surface area contributed by atoms with Crippen LogP contribution in [0.25, 0.3) is 6.08 Å². The van der Waals surface area contributed by atoms with Gasteiger partial charge in [0.1, 0.15) is 0 Å². The maximum absolute atomic E-state index is 11.0. The Balaban J connectivity index is 2.20. The van der Waals surface area contributed by atoms with Crippen molar-refractivity contribution in [2.75, 3.05) is 6.79 Å². The van der Waals surface area contributed by atoms with Gasteiger partial charge in [0.25, 0.3) is 5.91 Å². The summed E-state index contributed by atoms with van der Waals surface area (Å²) in [5.41, 5.74) is 0.739. The van der Waals surface area contributed by atoms with Crippen molar-refractivity contribution in [3.05, 3.63) is 29.8 Å². The zero-order chi connectivity index (χ0) is 11.4. The first-order valence-electron chi connectivity index (χ1n) is 4.57. The van der Waals surface area contributed by atoms with Crippen molar-refractivity contribution in [2.24, 2.45) is 0 Å². The molecule has 0 aliphatic carbocycles. The number of rotatable bonds is 2. The molecular weight excluding hydrogens is 208 g/mol. The Bertz CT molecular complexity index is 488. The van der Waals surface area contributed by atoms with E-state index in [4.69, 9.17) is 14.7 Å². The molecule has 1 aliphatic heterocycles. The van der Waals surface area contributed by atoms with Crippen LogP contribution in [0.15, 0.2) is 24.3 Å². The van der Waals surface area contributed by atoms with Crippen LogP contribution >= 0.6 is 0 Å². The molecule has 0 saturated heterocycles. The van der Waals surface area contributed by atoms with E-state index >= 15 is 0 Å². The average molecular weight is 216 g/mol. The molecule has 1 aromatic carbocycles. The summed E-state index contributed by atoms with van der Waals surface area (Å²) < 4.78 is 10.4. The molecule has 5 nitrogen and oxygen atoms in total. The van der Waals surface area contributed by atoms with E-state index in [1.165, 1.54) is 6.08 Å². The van der Waals surface area contributed by atoms with Gasteiger partial charge in [0, 0.05) is 11.6 Å². The second kappa shape index (κ2) is 4.36.